The number of anilines is 2. The zero-order valence-electron chi connectivity index (χ0n) is 11.9. The molecule has 102 valence electrons. The second kappa shape index (κ2) is 5.30. The molecule has 0 aliphatic heterocycles. The van der Waals surface area contributed by atoms with Gasteiger partial charge >= 0.3 is 0 Å². The van der Waals surface area contributed by atoms with Crippen molar-refractivity contribution in [1.29, 1.82) is 0 Å². The van der Waals surface area contributed by atoms with Crippen molar-refractivity contribution in [3.63, 3.8) is 0 Å². The standard InChI is InChI=1S/C14H21N5/c1-9(2)8-16-14-17-13(15)19(18-14)12-6-10(3)5-11(4)7-12/h5-7,9H,8H2,1-4H3,(H3,15,16,17,18). The van der Waals surface area contributed by atoms with E-state index in [4.69, 9.17) is 5.73 Å². The lowest BCUT2D eigenvalue weighted by Gasteiger charge is -2.06. The fourth-order valence-corrected chi connectivity index (χ4v) is 1.96. The average Bonchev–Trinajstić information content (AvgIpc) is 2.66. The Kier molecular flexibility index (Phi) is 3.74. The molecule has 2 aromatic rings. The van der Waals surface area contributed by atoms with Crippen LogP contribution in [0.1, 0.15) is 25.0 Å². The lowest BCUT2D eigenvalue weighted by atomic mass is 10.1. The second-order valence-corrected chi connectivity index (χ2v) is 5.33. The molecule has 3 N–H and O–H groups in total. The number of nitrogens with two attached hydrogens (primary N) is 1. The van der Waals surface area contributed by atoms with Crippen molar-refractivity contribution in [1.82, 2.24) is 14.8 Å². The highest BCUT2D eigenvalue weighted by Gasteiger charge is 2.09. The van der Waals surface area contributed by atoms with E-state index in [1.54, 1.807) is 4.68 Å². The van der Waals surface area contributed by atoms with Gasteiger partial charge in [-0.25, -0.2) is 0 Å². The number of rotatable bonds is 4. The number of aromatic nitrogens is 3. The van der Waals surface area contributed by atoms with Gasteiger partial charge in [0.15, 0.2) is 0 Å². The van der Waals surface area contributed by atoms with Crippen LogP contribution in [0.5, 0.6) is 0 Å². The zero-order valence-corrected chi connectivity index (χ0v) is 11.9. The second-order valence-electron chi connectivity index (χ2n) is 5.33. The Balaban J connectivity index is 2.29. The minimum Gasteiger partial charge on any atom is -0.368 e. The van der Waals surface area contributed by atoms with Gasteiger partial charge in [0, 0.05) is 6.54 Å². The molecule has 1 heterocycles. The number of nitrogen functional groups attached to an aromatic ring is 1. The normalized spacial score (nSPS) is 11.0. The molecule has 0 atom stereocenters. The third-order valence-electron chi connectivity index (χ3n) is 2.75. The fraction of sp³-hybridized carbons (Fsp3) is 0.429. The fourth-order valence-electron chi connectivity index (χ4n) is 1.96. The smallest absolute Gasteiger partial charge is 0.244 e. The molecule has 0 radical (unpaired) electrons. The van der Waals surface area contributed by atoms with Crippen LogP contribution in [0.4, 0.5) is 11.9 Å². The number of hydrogen-bond acceptors (Lipinski definition) is 4. The first-order chi connectivity index (χ1) is 8.95. The van der Waals surface area contributed by atoms with E-state index in [-0.39, 0.29) is 0 Å². The van der Waals surface area contributed by atoms with E-state index in [9.17, 15) is 0 Å². The summed E-state index contributed by atoms with van der Waals surface area (Å²) in [4.78, 5) is 4.24. The van der Waals surface area contributed by atoms with Gasteiger partial charge in [-0.3, -0.25) is 0 Å². The number of nitrogens with zero attached hydrogens (tertiary/aromatic N) is 3. The Morgan fingerprint density at radius 2 is 1.84 bits per heavy atom. The predicted octanol–water partition coefficient (Wildman–Crippen LogP) is 2.53. The molecule has 0 unspecified atom stereocenters. The molecule has 0 saturated heterocycles. The van der Waals surface area contributed by atoms with Gasteiger partial charge in [-0.05, 0) is 43.0 Å². The number of hydrogen-bond donors (Lipinski definition) is 2. The van der Waals surface area contributed by atoms with Crippen LogP contribution >= 0.6 is 0 Å². The molecule has 1 aromatic carbocycles. The Hall–Kier alpha value is -2.04. The van der Waals surface area contributed by atoms with Crippen LogP contribution < -0.4 is 11.1 Å². The molecule has 1 aromatic heterocycles. The highest BCUT2D eigenvalue weighted by atomic mass is 15.4. The van der Waals surface area contributed by atoms with E-state index in [1.165, 1.54) is 11.1 Å². The molecule has 0 amide bonds. The summed E-state index contributed by atoms with van der Waals surface area (Å²) in [6, 6.07) is 6.21. The first kappa shape index (κ1) is 13.4. The first-order valence-electron chi connectivity index (χ1n) is 6.51. The maximum atomic E-state index is 5.93. The summed E-state index contributed by atoms with van der Waals surface area (Å²) in [5.74, 6) is 1.51. The molecule has 0 fully saturated rings. The van der Waals surface area contributed by atoms with Crippen LogP contribution in [0.25, 0.3) is 5.69 Å². The zero-order chi connectivity index (χ0) is 14.0. The Morgan fingerprint density at radius 1 is 1.21 bits per heavy atom. The SMILES string of the molecule is Cc1cc(C)cc(-n2nc(NCC(C)C)nc2N)c1. The van der Waals surface area contributed by atoms with Gasteiger partial charge in [0.1, 0.15) is 0 Å². The van der Waals surface area contributed by atoms with E-state index >= 15 is 0 Å². The van der Waals surface area contributed by atoms with Crippen LogP contribution in [0.2, 0.25) is 0 Å². The maximum Gasteiger partial charge on any atom is 0.244 e. The van der Waals surface area contributed by atoms with E-state index in [2.05, 4.69) is 49.2 Å². The maximum absolute atomic E-state index is 5.93. The molecule has 5 heteroatoms. The summed E-state index contributed by atoms with van der Waals surface area (Å²) >= 11 is 0. The molecule has 0 spiro atoms. The minimum absolute atomic E-state index is 0.399. The van der Waals surface area contributed by atoms with Crippen LogP contribution in [0.15, 0.2) is 18.2 Å². The summed E-state index contributed by atoms with van der Waals surface area (Å²) in [5.41, 5.74) is 9.24. The van der Waals surface area contributed by atoms with E-state index in [0.717, 1.165) is 12.2 Å². The van der Waals surface area contributed by atoms with Crippen molar-refractivity contribution < 1.29 is 0 Å². The first-order valence-corrected chi connectivity index (χ1v) is 6.51. The monoisotopic (exact) mass is 259 g/mol. The summed E-state index contributed by atoms with van der Waals surface area (Å²) in [6.07, 6.45) is 0. The largest absolute Gasteiger partial charge is 0.368 e. The Morgan fingerprint density at radius 3 is 2.42 bits per heavy atom. The molecule has 19 heavy (non-hydrogen) atoms. The highest BCUT2D eigenvalue weighted by molar-refractivity contribution is 5.45. The van der Waals surface area contributed by atoms with Crippen LogP contribution in [0.3, 0.4) is 0 Å². The van der Waals surface area contributed by atoms with Crippen LogP contribution in [-0.2, 0) is 0 Å². The summed E-state index contributed by atoms with van der Waals surface area (Å²) in [7, 11) is 0. The van der Waals surface area contributed by atoms with E-state index in [1.807, 2.05) is 12.1 Å². The molecule has 5 nitrogen and oxygen atoms in total. The lowest BCUT2D eigenvalue weighted by molar-refractivity contribution is 0.684. The van der Waals surface area contributed by atoms with E-state index in [0.29, 0.717) is 17.8 Å². The number of aryl methyl sites for hydroxylation is 2. The number of nitrogens with one attached hydrogen (secondary N) is 1. The van der Waals surface area contributed by atoms with Crippen molar-refractivity contribution in [3.8, 4) is 5.69 Å². The van der Waals surface area contributed by atoms with Crippen molar-refractivity contribution in [2.24, 2.45) is 5.92 Å². The predicted molar refractivity (Wildman–Crippen MR) is 78.6 cm³/mol. The van der Waals surface area contributed by atoms with E-state index < -0.39 is 0 Å². The Bertz CT molecular complexity index is 551. The van der Waals surface area contributed by atoms with Gasteiger partial charge in [0.25, 0.3) is 0 Å². The third-order valence-corrected chi connectivity index (χ3v) is 2.75. The molecule has 2 rings (SSSR count). The number of benzene rings is 1. The molecule has 0 aliphatic rings. The van der Waals surface area contributed by atoms with Gasteiger partial charge in [0.2, 0.25) is 11.9 Å². The van der Waals surface area contributed by atoms with Gasteiger partial charge < -0.3 is 11.1 Å². The average molecular weight is 259 g/mol. The molecule has 0 bridgehead atoms. The topological polar surface area (TPSA) is 68.8 Å². The van der Waals surface area contributed by atoms with Crippen molar-refractivity contribution in [3.05, 3.63) is 29.3 Å². The molecular formula is C14H21N5. The quantitative estimate of drug-likeness (QED) is 0.885. The summed E-state index contributed by atoms with van der Waals surface area (Å²) < 4.78 is 1.67. The molecule has 0 saturated carbocycles. The summed E-state index contributed by atoms with van der Waals surface area (Å²) in [6.45, 7) is 9.22. The van der Waals surface area contributed by atoms with Crippen molar-refractivity contribution in [2.45, 2.75) is 27.7 Å². The highest BCUT2D eigenvalue weighted by Crippen LogP contribution is 2.17. The van der Waals surface area contributed by atoms with Gasteiger partial charge in [-0.15, -0.1) is 5.10 Å². The van der Waals surface area contributed by atoms with Gasteiger partial charge in [-0.2, -0.15) is 9.67 Å². The Labute approximate surface area is 113 Å². The lowest BCUT2D eigenvalue weighted by Crippen LogP contribution is -2.09. The summed E-state index contributed by atoms with van der Waals surface area (Å²) in [5, 5.41) is 7.58. The van der Waals surface area contributed by atoms with Gasteiger partial charge in [0.05, 0.1) is 5.69 Å². The van der Waals surface area contributed by atoms with Crippen molar-refractivity contribution >= 4 is 11.9 Å². The van der Waals surface area contributed by atoms with Crippen LogP contribution in [0, 0.1) is 19.8 Å². The third kappa shape index (κ3) is 3.24. The van der Waals surface area contributed by atoms with Crippen LogP contribution in [-0.4, -0.2) is 21.3 Å². The molecular weight excluding hydrogens is 238 g/mol. The van der Waals surface area contributed by atoms with Crippen molar-refractivity contribution in [2.75, 3.05) is 17.6 Å². The molecule has 0 aliphatic carbocycles. The van der Waals surface area contributed by atoms with Gasteiger partial charge in [-0.1, -0.05) is 19.9 Å². The minimum atomic E-state index is 0.399.